The Morgan fingerprint density at radius 2 is 2.15 bits per heavy atom. The van der Waals surface area contributed by atoms with Crippen molar-refractivity contribution in [2.45, 2.75) is 32.7 Å². The predicted octanol–water partition coefficient (Wildman–Crippen LogP) is 3.28. The molecule has 2 atom stereocenters. The zero-order chi connectivity index (χ0) is 15.1. The van der Waals surface area contributed by atoms with Crippen molar-refractivity contribution >= 4 is 28.6 Å². The monoisotopic (exact) mass is 391 g/mol. The number of carbonyl (C=O) groups is 1. The molecule has 4 nitrogen and oxygen atoms in total. The highest BCUT2D eigenvalue weighted by molar-refractivity contribution is 14.1. The maximum atomic E-state index is 11.5. The SMILES string of the molecule is CCOC(=O)CC(C)CC(N)c1cc(I)ccc1OC. The summed E-state index contributed by atoms with van der Waals surface area (Å²) in [6.45, 7) is 4.24. The number of rotatable bonds is 7. The number of hydrogen-bond acceptors (Lipinski definition) is 4. The van der Waals surface area contributed by atoms with Crippen LogP contribution in [0.2, 0.25) is 0 Å². The summed E-state index contributed by atoms with van der Waals surface area (Å²) in [6.07, 6.45) is 1.11. The molecule has 0 radical (unpaired) electrons. The van der Waals surface area contributed by atoms with Gasteiger partial charge in [0.1, 0.15) is 5.75 Å². The molecule has 1 aromatic rings. The maximum absolute atomic E-state index is 11.5. The summed E-state index contributed by atoms with van der Waals surface area (Å²) in [6, 6.07) is 5.79. The molecule has 0 aliphatic heterocycles. The number of carbonyl (C=O) groups excluding carboxylic acids is 1. The van der Waals surface area contributed by atoms with Crippen molar-refractivity contribution in [1.29, 1.82) is 0 Å². The van der Waals surface area contributed by atoms with Gasteiger partial charge in [0, 0.05) is 21.6 Å². The van der Waals surface area contributed by atoms with E-state index in [2.05, 4.69) is 22.6 Å². The van der Waals surface area contributed by atoms with Gasteiger partial charge >= 0.3 is 5.97 Å². The number of benzene rings is 1. The first-order chi connectivity index (χ1) is 9.47. The summed E-state index contributed by atoms with van der Waals surface area (Å²) < 4.78 is 11.4. The van der Waals surface area contributed by atoms with Gasteiger partial charge in [0.05, 0.1) is 13.7 Å². The quantitative estimate of drug-likeness (QED) is 0.573. The average Bonchev–Trinajstić information content (AvgIpc) is 2.38. The molecule has 0 aliphatic carbocycles. The van der Waals surface area contributed by atoms with Gasteiger partial charge in [-0.3, -0.25) is 4.79 Å². The lowest BCUT2D eigenvalue weighted by Crippen LogP contribution is -2.18. The number of methoxy groups -OCH3 is 1. The van der Waals surface area contributed by atoms with E-state index in [-0.39, 0.29) is 17.9 Å². The lowest BCUT2D eigenvalue weighted by Gasteiger charge is -2.19. The molecule has 20 heavy (non-hydrogen) atoms. The second kappa shape index (κ2) is 8.46. The van der Waals surface area contributed by atoms with Crippen molar-refractivity contribution in [2.24, 2.45) is 11.7 Å². The summed E-state index contributed by atoms with van der Waals surface area (Å²) in [4.78, 5) is 11.5. The van der Waals surface area contributed by atoms with E-state index in [9.17, 15) is 4.79 Å². The van der Waals surface area contributed by atoms with E-state index in [0.29, 0.717) is 13.0 Å². The maximum Gasteiger partial charge on any atom is 0.306 e. The van der Waals surface area contributed by atoms with Crippen LogP contribution in [0.3, 0.4) is 0 Å². The molecule has 0 heterocycles. The van der Waals surface area contributed by atoms with Crippen LogP contribution in [-0.4, -0.2) is 19.7 Å². The third-order valence-electron chi connectivity index (χ3n) is 3.07. The van der Waals surface area contributed by atoms with E-state index in [4.69, 9.17) is 15.2 Å². The Bertz CT molecular complexity index is 451. The number of hydrogen-bond donors (Lipinski definition) is 1. The first-order valence-electron chi connectivity index (χ1n) is 6.72. The Balaban J connectivity index is 2.68. The van der Waals surface area contributed by atoms with E-state index in [1.54, 1.807) is 7.11 Å². The fraction of sp³-hybridized carbons (Fsp3) is 0.533. The molecular formula is C15H22INO3. The van der Waals surface area contributed by atoms with Crippen molar-refractivity contribution in [3.8, 4) is 5.75 Å². The predicted molar refractivity (Wildman–Crippen MR) is 87.7 cm³/mol. The summed E-state index contributed by atoms with van der Waals surface area (Å²) >= 11 is 2.25. The van der Waals surface area contributed by atoms with Gasteiger partial charge in [-0.1, -0.05) is 6.92 Å². The van der Waals surface area contributed by atoms with Gasteiger partial charge in [-0.05, 0) is 60.1 Å². The molecule has 2 unspecified atom stereocenters. The Morgan fingerprint density at radius 3 is 2.75 bits per heavy atom. The molecule has 0 fully saturated rings. The molecule has 0 saturated heterocycles. The van der Waals surface area contributed by atoms with Crippen LogP contribution < -0.4 is 10.5 Å². The standard InChI is InChI=1S/C15H22INO3/c1-4-20-15(18)8-10(2)7-13(17)12-9-11(16)5-6-14(12)19-3/h5-6,9-10,13H,4,7-8,17H2,1-3H3. The van der Waals surface area contributed by atoms with Gasteiger partial charge < -0.3 is 15.2 Å². The third-order valence-corrected chi connectivity index (χ3v) is 3.74. The van der Waals surface area contributed by atoms with Crippen molar-refractivity contribution in [3.05, 3.63) is 27.3 Å². The zero-order valence-electron chi connectivity index (χ0n) is 12.2. The third kappa shape index (κ3) is 5.28. The number of nitrogens with two attached hydrogens (primary N) is 1. The van der Waals surface area contributed by atoms with Gasteiger partial charge in [0.25, 0.3) is 0 Å². The summed E-state index contributed by atoms with van der Waals surface area (Å²) in [7, 11) is 1.64. The van der Waals surface area contributed by atoms with Crippen molar-refractivity contribution in [3.63, 3.8) is 0 Å². The van der Waals surface area contributed by atoms with Crippen molar-refractivity contribution in [1.82, 2.24) is 0 Å². The smallest absolute Gasteiger partial charge is 0.306 e. The second-order valence-electron chi connectivity index (χ2n) is 4.84. The van der Waals surface area contributed by atoms with Gasteiger partial charge in [-0.15, -0.1) is 0 Å². The normalized spacial score (nSPS) is 13.7. The van der Waals surface area contributed by atoms with Crippen LogP contribution in [0.15, 0.2) is 18.2 Å². The molecule has 112 valence electrons. The van der Waals surface area contributed by atoms with Gasteiger partial charge in [-0.2, -0.15) is 0 Å². The van der Waals surface area contributed by atoms with Gasteiger partial charge in [0.2, 0.25) is 0 Å². The number of ether oxygens (including phenoxy) is 2. The number of esters is 1. The first-order valence-corrected chi connectivity index (χ1v) is 7.80. The molecule has 1 rings (SSSR count). The minimum atomic E-state index is -0.165. The highest BCUT2D eigenvalue weighted by atomic mass is 127. The fourth-order valence-electron chi connectivity index (χ4n) is 2.14. The molecule has 2 N–H and O–H groups in total. The van der Waals surface area contributed by atoms with Crippen LogP contribution >= 0.6 is 22.6 Å². The average molecular weight is 391 g/mol. The Labute approximate surface area is 134 Å². The van der Waals surface area contributed by atoms with Crippen LogP contribution in [0.25, 0.3) is 0 Å². The first kappa shape index (κ1) is 17.2. The molecule has 5 heteroatoms. The topological polar surface area (TPSA) is 61.5 Å². The molecule has 0 saturated carbocycles. The Morgan fingerprint density at radius 1 is 1.45 bits per heavy atom. The van der Waals surface area contributed by atoms with E-state index < -0.39 is 0 Å². The minimum absolute atomic E-state index is 0.149. The molecule has 0 amide bonds. The van der Waals surface area contributed by atoms with Gasteiger partial charge in [-0.25, -0.2) is 0 Å². The molecule has 0 bridgehead atoms. The van der Waals surface area contributed by atoms with Crippen molar-refractivity contribution in [2.75, 3.05) is 13.7 Å². The summed E-state index contributed by atoms with van der Waals surface area (Å²) in [5, 5.41) is 0. The van der Waals surface area contributed by atoms with Crippen LogP contribution in [0, 0.1) is 9.49 Å². The number of halogens is 1. The van der Waals surface area contributed by atoms with Gasteiger partial charge in [0.15, 0.2) is 0 Å². The van der Waals surface area contributed by atoms with Crippen LogP contribution in [0.5, 0.6) is 5.75 Å². The summed E-state index contributed by atoms with van der Waals surface area (Å²) in [5.41, 5.74) is 7.24. The van der Waals surface area contributed by atoms with E-state index >= 15 is 0 Å². The second-order valence-corrected chi connectivity index (χ2v) is 6.09. The van der Waals surface area contributed by atoms with Crippen LogP contribution in [0.4, 0.5) is 0 Å². The Hall–Kier alpha value is -0.820. The molecule has 0 spiro atoms. The molecule has 1 aromatic carbocycles. The molecular weight excluding hydrogens is 369 g/mol. The summed E-state index contributed by atoms with van der Waals surface area (Å²) in [5.74, 6) is 0.801. The zero-order valence-corrected chi connectivity index (χ0v) is 14.3. The fourth-order valence-corrected chi connectivity index (χ4v) is 2.66. The van der Waals surface area contributed by atoms with E-state index in [1.807, 2.05) is 32.0 Å². The van der Waals surface area contributed by atoms with Crippen LogP contribution in [0.1, 0.15) is 38.3 Å². The van der Waals surface area contributed by atoms with Crippen molar-refractivity contribution < 1.29 is 14.3 Å². The van der Waals surface area contributed by atoms with E-state index in [0.717, 1.165) is 21.3 Å². The highest BCUT2D eigenvalue weighted by Crippen LogP contribution is 2.30. The molecule has 0 aliphatic rings. The lowest BCUT2D eigenvalue weighted by atomic mass is 9.94. The highest BCUT2D eigenvalue weighted by Gasteiger charge is 2.18. The largest absolute Gasteiger partial charge is 0.496 e. The lowest BCUT2D eigenvalue weighted by molar-refractivity contribution is -0.144. The molecule has 0 aromatic heterocycles. The van der Waals surface area contributed by atoms with Crippen LogP contribution in [-0.2, 0) is 9.53 Å². The van der Waals surface area contributed by atoms with E-state index in [1.165, 1.54) is 0 Å². The Kier molecular flexibility index (Phi) is 7.29. The minimum Gasteiger partial charge on any atom is -0.496 e.